The van der Waals surface area contributed by atoms with E-state index in [1.165, 1.54) is 12.1 Å². The van der Waals surface area contributed by atoms with Gasteiger partial charge in [-0.05, 0) is 47.5 Å². The maximum Gasteiger partial charge on any atom is 0.416 e. The monoisotopic (exact) mass is 305 g/mol. The van der Waals surface area contributed by atoms with Crippen molar-refractivity contribution in [1.82, 2.24) is 4.57 Å². The van der Waals surface area contributed by atoms with Crippen LogP contribution in [0.4, 0.5) is 13.2 Å². The van der Waals surface area contributed by atoms with Gasteiger partial charge in [0, 0.05) is 17.4 Å². The fourth-order valence-electron chi connectivity index (χ4n) is 1.98. The molecule has 17 heavy (non-hydrogen) atoms. The van der Waals surface area contributed by atoms with Gasteiger partial charge in [0.25, 0.3) is 0 Å². The molecule has 0 atom stereocenters. The van der Waals surface area contributed by atoms with E-state index in [1.807, 2.05) is 18.4 Å². The van der Waals surface area contributed by atoms with Gasteiger partial charge in [0.1, 0.15) is 0 Å². The molecular formula is C12H11BrF3N. The summed E-state index contributed by atoms with van der Waals surface area (Å²) in [5, 5.41) is 0.853. The average molecular weight is 306 g/mol. The zero-order valence-electron chi connectivity index (χ0n) is 9.40. The molecule has 92 valence electrons. The normalized spacial score (nSPS) is 12.4. The molecule has 0 amide bonds. The van der Waals surface area contributed by atoms with E-state index in [0.717, 1.165) is 21.6 Å². The molecule has 5 heteroatoms. The first-order chi connectivity index (χ1) is 7.86. The Morgan fingerprint density at radius 1 is 1.29 bits per heavy atom. The maximum absolute atomic E-state index is 12.6. The molecule has 2 rings (SSSR count). The first-order valence-electron chi connectivity index (χ1n) is 5.21. The second-order valence-corrected chi connectivity index (χ2v) is 4.64. The minimum atomic E-state index is -4.29. The predicted molar refractivity (Wildman–Crippen MR) is 65.1 cm³/mol. The maximum atomic E-state index is 12.6. The molecule has 0 aliphatic rings. The fourth-order valence-corrected chi connectivity index (χ4v) is 2.63. The summed E-state index contributed by atoms with van der Waals surface area (Å²) in [5.74, 6) is 0. The Labute approximate surface area is 105 Å². The van der Waals surface area contributed by atoms with Crippen LogP contribution in [0.15, 0.2) is 22.8 Å². The highest BCUT2D eigenvalue weighted by molar-refractivity contribution is 9.10. The van der Waals surface area contributed by atoms with Crippen LogP contribution < -0.4 is 0 Å². The van der Waals surface area contributed by atoms with Gasteiger partial charge < -0.3 is 4.57 Å². The number of halogens is 4. The number of nitrogens with zero attached hydrogens (tertiary/aromatic N) is 1. The quantitative estimate of drug-likeness (QED) is 0.716. The van der Waals surface area contributed by atoms with Crippen molar-refractivity contribution in [2.45, 2.75) is 26.6 Å². The molecular weight excluding hydrogens is 295 g/mol. The number of aryl methyl sites for hydroxylation is 2. The average Bonchev–Trinajstić information content (AvgIpc) is 2.50. The minimum absolute atomic E-state index is 0.607. The SMILES string of the molecule is CCn1c(Br)c(C)c2ccc(C(F)(F)F)cc21. The van der Waals surface area contributed by atoms with Gasteiger partial charge in [0.2, 0.25) is 0 Å². The van der Waals surface area contributed by atoms with Crippen molar-refractivity contribution in [1.29, 1.82) is 0 Å². The van der Waals surface area contributed by atoms with Crippen molar-refractivity contribution in [3.05, 3.63) is 33.9 Å². The third-order valence-electron chi connectivity index (χ3n) is 2.88. The highest BCUT2D eigenvalue weighted by Gasteiger charge is 2.31. The van der Waals surface area contributed by atoms with Gasteiger partial charge in [-0.25, -0.2) is 0 Å². The van der Waals surface area contributed by atoms with Gasteiger partial charge in [-0.3, -0.25) is 0 Å². The standard InChI is InChI=1S/C12H11BrF3N/c1-3-17-10-6-8(12(14,15)16)4-5-9(10)7(2)11(17)13/h4-6H,3H2,1-2H3. The van der Waals surface area contributed by atoms with Crippen molar-refractivity contribution in [3.63, 3.8) is 0 Å². The third-order valence-corrected chi connectivity index (χ3v) is 3.91. The number of rotatable bonds is 1. The lowest BCUT2D eigenvalue weighted by Gasteiger charge is -2.08. The predicted octanol–water partition coefficient (Wildman–Crippen LogP) is 4.75. The van der Waals surface area contributed by atoms with E-state index >= 15 is 0 Å². The summed E-state index contributed by atoms with van der Waals surface area (Å²) in [5.41, 5.74) is 0.979. The Balaban J connectivity index is 2.77. The van der Waals surface area contributed by atoms with E-state index in [0.29, 0.717) is 12.1 Å². The van der Waals surface area contributed by atoms with Gasteiger partial charge in [0.15, 0.2) is 0 Å². The van der Waals surface area contributed by atoms with Crippen LogP contribution in [-0.4, -0.2) is 4.57 Å². The van der Waals surface area contributed by atoms with Crippen molar-refractivity contribution >= 4 is 26.8 Å². The van der Waals surface area contributed by atoms with Crippen LogP contribution in [0.2, 0.25) is 0 Å². The molecule has 0 radical (unpaired) electrons. The van der Waals surface area contributed by atoms with Gasteiger partial charge in [-0.2, -0.15) is 13.2 Å². The molecule has 0 spiro atoms. The van der Waals surface area contributed by atoms with Crippen molar-refractivity contribution in [3.8, 4) is 0 Å². The molecule has 0 saturated heterocycles. The summed E-state index contributed by atoms with van der Waals surface area (Å²) in [7, 11) is 0. The van der Waals surface area contributed by atoms with Gasteiger partial charge in [-0.15, -0.1) is 0 Å². The molecule has 1 aromatic heterocycles. The van der Waals surface area contributed by atoms with Crippen LogP contribution in [0.3, 0.4) is 0 Å². The number of hydrogen-bond acceptors (Lipinski definition) is 0. The number of aromatic nitrogens is 1. The van der Waals surface area contributed by atoms with Gasteiger partial charge in [-0.1, -0.05) is 6.07 Å². The first-order valence-corrected chi connectivity index (χ1v) is 6.01. The molecule has 0 fully saturated rings. The Kier molecular flexibility index (Phi) is 2.97. The summed E-state index contributed by atoms with van der Waals surface area (Å²) in [6.45, 7) is 4.43. The van der Waals surface area contributed by atoms with Crippen LogP contribution in [-0.2, 0) is 12.7 Å². The van der Waals surface area contributed by atoms with Crippen LogP contribution in [0.5, 0.6) is 0 Å². The Bertz CT molecular complexity index is 569. The smallest absolute Gasteiger partial charge is 0.335 e. The van der Waals surface area contributed by atoms with Crippen molar-refractivity contribution in [2.24, 2.45) is 0 Å². The van der Waals surface area contributed by atoms with Gasteiger partial charge >= 0.3 is 6.18 Å². The second-order valence-electron chi connectivity index (χ2n) is 3.89. The summed E-state index contributed by atoms with van der Waals surface area (Å²) < 4.78 is 40.6. The van der Waals surface area contributed by atoms with E-state index in [-0.39, 0.29) is 0 Å². The third kappa shape index (κ3) is 1.97. The largest absolute Gasteiger partial charge is 0.416 e. The van der Waals surface area contributed by atoms with E-state index in [2.05, 4.69) is 15.9 Å². The van der Waals surface area contributed by atoms with Crippen molar-refractivity contribution < 1.29 is 13.2 Å². The lowest BCUT2D eigenvalue weighted by molar-refractivity contribution is -0.137. The molecule has 1 nitrogen and oxygen atoms in total. The van der Waals surface area contributed by atoms with E-state index in [1.54, 1.807) is 0 Å². The van der Waals surface area contributed by atoms with Crippen LogP contribution >= 0.6 is 15.9 Å². The Morgan fingerprint density at radius 2 is 1.94 bits per heavy atom. The summed E-state index contributed by atoms with van der Waals surface area (Å²) in [6, 6.07) is 3.86. The zero-order chi connectivity index (χ0) is 12.8. The molecule has 1 heterocycles. The molecule has 2 aromatic rings. The fraction of sp³-hybridized carbons (Fsp3) is 0.333. The van der Waals surface area contributed by atoms with E-state index in [4.69, 9.17) is 0 Å². The first kappa shape index (κ1) is 12.5. The topological polar surface area (TPSA) is 4.93 Å². The minimum Gasteiger partial charge on any atom is -0.335 e. The van der Waals surface area contributed by atoms with E-state index in [9.17, 15) is 13.2 Å². The van der Waals surface area contributed by atoms with Crippen LogP contribution in [0.1, 0.15) is 18.1 Å². The molecule has 0 saturated carbocycles. The lowest BCUT2D eigenvalue weighted by Crippen LogP contribution is -2.05. The van der Waals surface area contributed by atoms with Crippen molar-refractivity contribution in [2.75, 3.05) is 0 Å². The highest BCUT2D eigenvalue weighted by Crippen LogP contribution is 2.35. The summed E-state index contributed by atoms with van der Waals surface area (Å²) in [6.07, 6.45) is -4.29. The molecule has 1 aromatic carbocycles. The number of hydrogen-bond donors (Lipinski definition) is 0. The molecule has 0 unspecified atom stereocenters. The zero-order valence-corrected chi connectivity index (χ0v) is 11.0. The molecule has 0 N–H and O–H groups in total. The van der Waals surface area contributed by atoms with E-state index < -0.39 is 11.7 Å². The molecule has 0 aliphatic carbocycles. The highest BCUT2D eigenvalue weighted by atomic mass is 79.9. The summed E-state index contributed by atoms with van der Waals surface area (Å²) >= 11 is 3.41. The number of benzene rings is 1. The Hall–Kier alpha value is -0.970. The summed E-state index contributed by atoms with van der Waals surface area (Å²) in [4.78, 5) is 0. The Morgan fingerprint density at radius 3 is 2.47 bits per heavy atom. The lowest BCUT2D eigenvalue weighted by atomic mass is 10.1. The van der Waals surface area contributed by atoms with Crippen LogP contribution in [0, 0.1) is 6.92 Å². The number of fused-ring (bicyclic) bond motifs is 1. The number of alkyl halides is 3. The molecule has 0 aliphatic heterocycles. The van der Waals surface area contributed by atoms with Gasteiger partial charge in [0.05, 0.1) is 10.2 Å². The second kappa shape index (κ2) is 4.05. The molecule has 0 bridgehead atoms. The van der Waals surface area contributed by atoms with Crippen LogP contribution in [0.25, 0.3) is 10.9 Å².